The average Bonchev–Trinajstić information content (AvgIpc) is 2.99. The molecule has 106 valence electrons. The van der Waals surface area contributed by atoms with Crippen LogP contribution >= 0.6 is 0 Å². The SMILES string of the molecule is Cc1ccc(-c2ncc(S(=O)(=O)c3ccccc3)o2)cc1. The van der Waals surface area contributed by atoms with E-state index in [2.05, 4.69) is 4.98 Å². The summed E-state index contributed by atoms with van der Waals surface area (Å²) >= 11 is 0. The molecule has 3 aromatic rings. The molecule has 4 nitrogen and oxygen atoms in total. The van der Waals surface area contributed by atoms with Crippen LogP contribution in [0.2, 0.25) is 0 Å². The number of hydrogen-bond donors (Lipinski definition) is 0. The van der Waals surface area contributed by atoms with E-state index in [1.54, 1.807) is 18.2 Å². The highest BCUT2D eigenvalue weighted by atomic mass is 32.2. The molecule has 21 heavy (non-hydrogen) atoms. The van der Waals surface area contributed by atoms with E-state index in [1.807, 2.05) is 31.2 Å². The van der Waals surface area contributed by atoms with Gasteiger partial charge >= 0.3 is 0 Å². The zero-order chi connectivity index (χ0) is 14.9. The molecule has 0 saturated carbocycles. The zero-order valence-electron chi connectivity index (χ0n) is 11.4. The summed E-state index contributed by atoms with van der Waals surface area (Å²) in [6.45, 7) is 1.98. The van der Waals surface area contributed by atoms with Crippen molar-refractivity contribution in [2.24, 2.45) is 0 Å². The summed E-state index contributed by atoms with van der Waals surface area (Å²) in [5.41, 5.74) is 1.86. The van der Waals surface area contributed by atoms with Crippen LogP contribution in [0, 0.1) is 6.92 Å². The lowest BCUT2D eigenvalue weighted by molar-refractivity contribution is 0.458. The zero-order valence-corrected chi connectivity index (χ0v) is 12.2. The van der Waals surface area contributed by atoms with Crippen LogP contribution in [0.5, 0.6) is 0 Å². The van der Waals surface area contributed by atoms with Crippen molar-refractivity contribution in [2.45, 2.75) is 16.9 Å². The van der Waals surface area contributed by atoms with Gasteiger partial charge in [0.15, 0.2) is 0 Å². The minimum atomic E-state index is -3.66. The van der Waals surface area contributed by atoms with E-state index in [9.17, 15) is 8.42 Å². The Hall–Kier alpha value is -2.40. The van der Waals surface area contributed by atoms with Gasteiger partial charge in [0.2, 0.25) is 20.8 Å². The molecule has 0 bridgehead atoms. The second kappa shape index (κ2) is 5.18. The van der Waals surface area contributed by atoms with Crippen molar-refractivity contribution in [3.05, 3.63) is 66.4 Å². The van der Waals surface area contributed by atoms with Gasteiger partial charge in [-0.3, -0.25) is 0 Å². The molecule has 0 radical (unpaired) electrons. The fourth-order valence-corrected chi connectivity index (χ4v) is 3.06. The van der Waals surface area contributed by atoms with Crippen molar-refractivity contribution in [3.63, 3.8) is 0 Å². The van der Waals surface area contributed by atoms with Crippen LogP contribution in [-0.4, -0.2) is 13.4 Å². The molecule has 1 aromatic heterocycles. The first-order chi connectivity index (χ1) is 10.1. The van der Waals surface area contributed by atoms with Crippen LogP contribution in [0.25, 0.3) is 11.5 Å². The Bertz CT molecular complexity index is 850. The van der Waals surface area contributed by atoms with Crippen molar-refractivity contribution < 1.29 is 12.8 Å². The number of nitrogens with zero attached hydrogens (tertiary/aromatic N) is 1. The van der Waals surface area contributed by atoms with Crippen LogP contribution in [-0.2, 0) is 9.84 Å². The molecule has 0 unspecified atom stereocenters. The molecular formula is C16H13NO3S. The van der Waals surface area contributed by atoms with Gasteiger partial charge in [0.1, 0.15) is 0 Å². The Morgan fingerprint density at radius 1 is 0.952 bits per heavy atom. The van der Waals surface area contributed by atoms with Crippen LogP contribution in [0.3, 0.4) is 0 Å². The number of sulfone groups is 1. The lowest BCUT2D eigenvalue weighted by Gasteiger charge is -2.00. The third kappa shape index (κ3) is 2.60. The van der Waals surface area contributed by atoms with Crippen LogP contribution in [0.4, 0.5) is 0 Å². The van der Waals surface area contributed by atoms with Gasteiger partial charge in [0.05, 0.1) is 11.1 Å². The third-order valence-electron chi connectivity index (χ3n) is 3.10. The summed E-state index contributed by atoms with van der Waals surface area (Å²) in [4.78, 5) is 4.25. The Labute approximate surface area is 123 Å². The largest absolute Gasteiger partial charge is 0.424 e. The summed E-state index contributed by atoms with van der Waals surface area (Å²) in [7, 11) is -3.66. The summed E-state index contributed by atoms with van der Waals surface area (Å²) in [5, 5.41) is -0.149. The monoisotopic (exact) mass is 299 g/mol. The molecule has 0 saturated heterocycles. The number of aromatic nitrogens is 1. The Morgan fingerprint density at radius 3 is 2.29 bits per heavy atom. The van der Waals surface area contributed by atoms with Gasteiger partial charge in [0, 0.05) is 5.56 Å². The third-order valence-corrected chi connectivity index (χ3v) is 4.71. The maximum absolute atomic E-state index is 12.4. The molecule has 0 N–H and O–H groups in total. The van der Waals surface area contributed by atoms with Crippen LogP contribution in [0.15, 0.2) is 75.2 Å². The van der Waals surface area contributed by atoms with Crippen molar-refractivity contribution in [1.82, 2.24) is 4.98 Å². The first-order valence-corrected chi connectivity index (χ1v) is 7.89. The smallest absolute Gasteiger partial charge is 0.243 e. The van der Waals surface area contributed by atoms with Gasteiger partial charge in [-0.05, 0) is 31.2 Å². The van der Waals surface area contributed by atoms with Crippen molar-refractivity contribution in [3.8, 4) is 11.5 Å². The Balaban J connectivity index is 2.01. The van der Waals surface area contributed by atoms with E-state index < -0.39 is 9.84 Å². The number of oxazole rings is 1. The molecule has 0 aliphatic carbocycles. The topological polar surface area (TPSA) is 60.2 Å². The summed E-state index contributed by atoms with van der Waals surface area (Å²) in [5.74, 6) is 0.296. The van der Waals surface area contributed by atoms with Gasteiger partial charge in [-0.25, -0.2) is 13.4 Å². The molecule has 5 heteroatoms. The van der Waals surface area contributed by atoms with E-state index in [0.29, 0.717) is 5.89 Å². The number of benzene rings is 2. The second-order valence-corrected chi connectivity index (χ2v) is 6.55. The van der Waals surface area contributed by atoms with Crippen LogP contribution in [0.1, 0.15) is 5.56 Å². The van der Waals surface area contributed by atoms with Gasteiger partial charge < -0.3 is 4.42 Å². The highest BCUT2D eigenvalue weighted by Crippen LogP contribution is 2.26. The maximum atomic E-state index is 12.4. The quantitative estimate of drug-likeness (QED) is 0.743. The van der Waals surface area contributed by atoms with E-state index in [0.717, 1.165) is 11.1 Å². The van der Waals surface area contributed by atoms with Gasteiger partial charge in [-0.2, -0.15) is 0 Å². The number of aryl methyl sites for hydroxylation is 1. The Kier molecular flexibility index (Phi) is 3.35. The predicted octanol–water partition coefficient (Wildman–Crippen LogP) is 3.48. The fraction of sp³-hybridized carbons (Fsp3) is 0.0625. The molecule has 0 aliphatic heterocycles. The minimum Gasteiger partial charge on any atom is -0.424 e. The molecule has 0 atom stereocenters. The number of rotatable bonds is 3. The van der Waals surface area contributed by atoms with Gasteiger partial charge in [-0.15, -0.1) is 0 Å². The van der Waals surface area contributed by atoms with Gasteiger partial charge in [-0.1, -0.05) is 35.9 Å². The maximum Gasteiger partial charge on any atom is 0.243 e. The lowest BCUT2D eigenvalue weighted by atomic mass is 10.1. The predicted molar refractivity (Wildman–Crippen MR) is 78.6 cm³/mol. The highest BCUT2D eigenvalue weighted by Gasteiger charge is 2.22. The fourth-order valence-electron chi connectivity index (χ4n) is 1.93. The molecule has 1 heterocycles. The molecular weight excluding hydrogens is 286 g/mol. The molecule has 0 aliphatic rings. The Morgan fingerprint density at radius 2 is 1.62 bits per heavy atom. The van der Waals surface area contributed by atoms with Crippen molar-refractivity contribution in [1.29, 1.82) is 0 Å². The molecule has 3 rings (SSSR count). The van der Waals surface area contributed by atoms with Crippen molar-refractivity contribution in [2.75, 3.05) is 0 Å². The normalized spacial score (nSPS) is 11.5. The van der Waals surface area contributed by atoms with E-state index in [1.165, 1.54) is 18.3 Å². The molecule has 0 fully saturated rings. The molecule has 2 aromatic carbocycles. The van der Waals surface area contributed by atoms with E-state index >= 15 is 0 Å². The van der Waals surface area contributed by atoms with Crippen molar-refractivity contribution >= 4 is 9.84 Å². The summed E-state index contributed by atoms with van der Waals surface area (Å²) < 4.78 is 30.2. The first kappa shape index (κ1) is 13.6. The average molecular weight is 299 g/mol. The van der Waals surface area contributed by atoms with E-state index in [4.69, 9.17) is 4.42 Å². The summed E-state index contributed by atoms with van der Waals surface area (Å²) in [6, 6.07) is 15.7. The minimum absolute atomic E-state index is 0.149. The summed E-state index contributed by atoms with van der Waals surface area (Å²) in [6.07, 6.45) is 1.25. The number of hydrogen-bond acceptors (Lipinski definition) is 4. The van der Waals surface area contributed by atoms with Gasteiger partial charge in [0.25, 0.3) is 0 Å². The second-order valence-electron chi connectivity index (χ2n) is 4.67. The lowest BCUT2D eigenvalue weighted by Crippen LogP contribution is -1.99. The molecule has 0 amide bonds. The standard InChI is InChI=1S/C16H13NO3S/c1-12-7-9-13(10-8-12)16-17-11-15(20-16)21(18,19)14-5-3-2-4-6-14/h2-11H,1H3. The van der Waals surface area contributed by atoms with Crippen LogP contribution < -0.4 is 0 Å². The highest BCUT2D eigenvalue weighted by molar-refractivity contribution is 7.91. The van der Waals surface area contributed by atoms with E-state index in [-0.39, 0.29) is 9.99 Å². The molecule has 0 spiro atoms. The first-order valence-electron chi connectivity index (χ1n) is 6.40.